The Balaban J connectivity index is 2.34. The van der Waals surface area contributed by atoms with Crippen LogP contribution in [0.2, 0.25) is 0 Å². The summed E-state index contributed by atoms with van der Waals surface area (Å²) in [5, 5.41) is 2.42. The first-order chi connectivity index (χ1) is 8.76. The zero-order chi connectivity index (χ0) is 13.0. The van der Waals surface area contributed by atoms with Gasteiger partial charge in [-0.25, -0.2) is 0 Å². The van der Waals surface area contributed by atoms with Gasteiger partial charge in [-0.05, 0) is 31.4 Å². The van der Waals surface area contributed by atoms with Gasteiger partial charge in [0.2, 0.25) is 0 Å². The van der Waals surface area contributed by atoms with Gasteiger partial charge in [-0.1, -0.05) is 49.1 Å². The molecule has 0 fully saturated rings. The number of hydrogen-bond acceptors (Lipinski definition) is 0. The van der Waals surface area contributed by atoms with Crippen LogP contribution in [0.3, 0.4) is 0 Å². The van der Waals surface area contributed by atoms with Crippen molar-refractivity contribution >= 4 is 17.7 Å². The Labute approximate surface area is 108 Å². The second-order valence-corrected chi connectivity index (χ2v) is 4.37. The van der Waals surface area contributed by atoms with E-state index in [1.54, 1.807) is 0 Å². The number of hydrogen-bond donors (Lipinski definition) is 1. The summed E-state index contributed by atoms with van der Waals surface area (Å²) in [4.78, 5) is 3.29. The fraction of sp³-hybridized carbons (Fsp3) is 0.176. The SMILES string of the molecule is C=C(Cc1ccccc1)c1c[nH]c(=C/C)/c1=C\C. The highest BCUT2D eigenvalue weighted by Crippen LogP contribution is 2.13. The molecule has 1 heteroatoms. The monoisotopic (exact) mass is 237 g/mol. The molecule has 0 bridgehead atoms. The Kier molecular flexibility index (Phi) is 3.83. The zero-order valence-electron chi connectivity index (χ0n) is 11.0. The fourth-order valence-electron chi connectivity index (χ4n) is 2.23. The molecular formula is C17H19N. The fourth-order valence-corrected chi connectivity index (χ4v) is 2.23. The van der Waals surface area contributed by atoms with Crippen molar-refractivity contribution in [3.63, 3.8) is 0 Å². The predicted molar refractivity (Wildman–Crippen MR) is 79.5 cm³/mol. The van der Waals surface area contributed by atoms with Crippen LogP contribution >= 0.6 is 0 Å². The number of H-pyrrole nitrogens is 1. The molecule has 0 aliphatic carbocycles. The molecule has 0 spiro atoms. The van der Waals surface area contributed by atoms with Crippen LogP contribution in [0, 0.1) is 0 Å². The molecule has 1 heterocycles. The molecule has 1 aromatic carbocycles. The van der Waals surface area contributed by atoms with Gasteiger partial charge >= 0.3 is 0 Å². The lowest BCUT2D eigenvalue weighted by Gasteiger charge is -2.04. The summed E-state index contributed by atoms with van der Waals surface area (Å²) in [5.41, 5.74) is 3.67. The maximum atomic E-state index is 4.22. The molecule has 1 nitrogen and oxygen atoms in total. The van der Waals surface area contributed by atoms with Crippen molar-refractivity contribution in [2.24, 2.45) is 0 Å². The molecule has 2 aromatic rings. The van der Waals surface area contributed by atoms with Gasteiger partial charge in [-0.2, -0.15) is 0 Å². The quantitative estimate of drug-likeness (QED) is 0.845. The standard InChI is InChI=1S/C17H19N/c1-4-15-16(12-18-17(15)5-2)13(3)11-14-9-7-6-8-10-14/h4-10,12,18H,3,11H2,1-2H3/b15-4-,17-5+. The number of benzene rings is 1. The Morgan fingerprint density at radius 2 is 1.89 bits per heavy atom. The van der Waals surface area contributed by atoms with Crippen LogP contribution < -0.4 is 10.6 Å². The first-order valence-electron chi connectivity index (χ1n) is 6.28. The highest BCUT2D eigenvalue weighted by atomic mass is 14.7. The third kappa shape index (κ3) is 2.45. The van der Waals surface area contributed by atoms with E-state index in [0.717, 1.165) is 12.0 Å². The van der Waals surface area contributed by atoms with E-state index in [0.29, 0.717) is 0 Å². The molecule has 0 saturated heterocycles. The third-order valence-corrected chi connectivity index (χ3v) is 3.17. The first kappa shape index (κ1) is 12.4. The van der Waals surface area contributed by atoms with Crippen molar-refractivity contribution in [1.82, 2.24) is 4.98 Å². The normalized spacial score (nSPS) is 13.0. The Morgan fingerprint density at radius 3 is 2.50 bits per heavy atom. The van der Waals surface area contributed by atoms with Gasteiger partial charge < -0.3 is 4.98 Å². The molecular weight excluding hydrogens is 218 g/mol. The van der Waals surface area contributed by atoms with E-state index in [9.17, 15) is 0 Å². The van der Waals surface area contributed by atoms with E-state index in [1.807, 2.05) is 13.0 Å². The summed E-state index contributed by atoms with van der Waals surface area (Å²) < 4.78 is 0. The van der Waals surface area contributed by atoms with Crippen LogP contribution in [-0.4, -0.2) is 4.98 Å². The lowest BCUT2D eigenvalue weighted by atomic mass is 10.0. The van der Waals surface area contributed by atoms with Crippen LogP contribution in [0.5, 0.6) is 0 Å². The van der Waals surface area contributed by atoms with Gasteiger partial charge in [0, 0.05) is 22.3 Å². The Hall–Kier alpha value is -2.02. The van der Waals surface area contributed by atoms with Gasteiger partial charge in [0.15, 0.2) is 0 Å². The molecule has 2 rings (SSSR count). The highest BCUT2D eigenvalue weighted by molar-refractivity contribution is 5.66. The van der Waals surface area contributed by atoms with E-state index in [4.69, 9.17) is 0 Å². The summed E-state index contributed by atoms with van der Waals surface area (Å²) >= 11 is 0. The van der Waals surface area contributed by atoms with Crippen molar-refractivity contribution in [3.8, 4) is 0 Å². The van der Waals surface area contributed by atoms with E-state index >= 15 is 0 Å². The first-order valence-corrected chi connectivity index (χ1v) is 6.28. The van der Waals surface area contributed by atoms with Gasteiger partial charge in [0.1, 0.15) is 0 Å². The molecule has 0 aliphatic rings. The van der Waals surface area contributed by atoms with Crippen molar-refractivity contribution in [2.45, 2.75) is 20.3 Å². The van der Waals surface area contributed by atoms with Crippen molar-refractivity contribution < 1.29 is 0 Å². The Bertz CT molecular complexity index is 645. The van der Waals surface area contributed by atoms with Crippen molar-refractivity contribution in [2.75, 3.05) is 0 Å². The van der Waals surface area contributed by atoms with E-state index in [-0.39, 0.29) is 0 Å². The van der Waals surface area contributed by atoms with Gasteiger partial charge in [-0.15, -0.1) is 0 Å². The maximum Gasteiger partial charge on any atom is 0.0413 e. The zero-order valence-corrected chi connectivity index (χ0v) is 11.0. The minimum atomic E-state index is 0.892. The molecule has 0 radical (unpaired) electrons. The Morgan fingerprint density at radius 1 is 1.17 bits per heavy atom. The summed E-state index contributed by atoms with van der Waals surface area (Å²) in [6.45, 7) is 8.33. The molecule has 0 unspecified atom stereocenters. The smallest absolute Gasteiger partial charge is 0.0413 e. The molecule has 92 valence electrons. The van der Waals surface area contributed by atoms with Gasteiger partial charge in [0.25, 0.3) is 0 Å². The number of aromatic nitrogens is 1. The van der Waals surface area contributed by atoms with Gasteiger partial charge in [0.05, 0.1) is 0 Å². The lowest BCUT2D eigenvalue weighted by Crippen LogP contribution is -2.24. The topological polar surface area (TPSA) is 15.8 Å². The number of allylic oxidation sites excluding steroid dienone is 1. The summed E-state index contributed by atoms with van der Waals surface area (Å²) in [5.74, 6) is 0. The molecule has 1 N–H and O–H groups in total. The number of rotatable bonds is 3. The van der Waals surface area contributed by atoms with Gasteiger partial charge in [-0.3, -0.25) is 0 Å². The van der Waals surface area contributed by atoms with E-state index in [2.05, 4.69) is 61.1 Å². The molecule has 1 aromatic heterocycles. The second kappa shape index (κ2) is 5.54. The summed E-state index contributed by atoms with van der Waals surface area (Å²) in [6.07, 6.45) is 7.17. The van der Waals surface area contributed by atoms with E-state index < -0.39 is 0 Å². The van der Waals surface area contributed by atoms with Crippen LogP contribution in [0.1, 0.15) is 25.0 Å². The maximum absolute atomic E-state index is 4.22. The molecule has 0 amide bonds. The highest BCUT2D eigenvalue weighted by Gasteiger charge is 2.04. The molecule has 0 atom stereocenters. The average Bonchev–Trinajstić information content (AvgIpc) is 2.82. The van der Waals surface area contributed by atoms with E-state index in [1.165, 1.54) is 21.7 Å². The minimum absolute atomic E-state index is 0.892. The molecule has 0 aliphatic heterocycles. The van der Waals surface area contributed by atoms with Crippen LogP contribution in [0.25, 0.3) is 17.7 Å². The second-order valence-electron chi connectivity index (χ2n) is 4.37. The molecule has 18 heavy (non-hydrogen) atoms. The van der Waals surface area contributed by atoms with Crippen LogP contribution in [-0.2, 0) is 6.42 Å². The van der Waals surface area contributed by atoms with Crippen LogP contribution in [0.4, 0.5) is 0 Å². The van der Waals surface area contributed by atoms with Crippen molar-refractivity contribution in [3.05, 3.63) is 64.8 Å². The lowest BCUT2D eigenvalue weighted by molar-refractivity contribution is 1.28. The predicted octanol–water partition coefficient (Wildman–Crippen LogP) is 2.87. The largest absolute Gasteiger partial charge is 0.361 e. The van der Waals surface area contributed by atoms with Crippen molar-refractivity contribution in [1.29, 1.82) is 0 Å². The summed E-state index contributed by atoms with van der Waals surface area (Å²) in [6, 6.07) is 10.5. The summed E-state index contributed by atoms with van der Waals surface area (Å²) in [7, 11) is 0. The molecule has 0 saturated carbocycles. The van der Waals surface area contributed by atoms with Crippen LogP contribution in [0.15, 0.2) is 43.1 Å². The minimum Gasteiger partial charge on any atom is -0.361 e. The third-order valence-electron chi connectivity index (χ3n) is 3.17. The average molecular weight is 237 g/mol. The number of aromatic amines is 1. The number of nitrogens with one attached hydrogen (secondary N) is 1.